The van der Waals surface area contributed by atoms with Gasteiger partial charge in [-0.1, -0.05) is 27.7 Å². The van der Waals surface area contributed by atoms with Crippen molar-refractivity contribution < 1.29 is 5.11 Å². The number of fused-ring (bicyclic) bond motifs is 1. The van der Waals surface area contributed by atoms with Gasteiger partial charge in [-0.25, -0.2) is 0 Å². The molecule has 64 valence electrons. The van der Waals surface area contributed by atoms with Crippen LogP contribution in [0.1, 0.15) is 34.1 Å². The molecule has 0 spiro atoms. The number of hydrogen-bond acceptors (Lipinski definition) is 1. The Labute approximate surface area is 68.8 Å². The molecule has 2 aliphatic rings. The first kappa shape index (κ1) is 7.60. The van der Waals surface area contributed by atoms with Gasteiger partial charge in [-0.05, 0) is 29.1 Å². The zero-order chi connectivity index (χ0) is 8.44. The van der Waals surface area contributed by atoms with Crippen molar-refractivity contribution in [2.24, 2.45) is 22.7 Å². The first-order valence-corrected chi connectivity index (χ1v) is 4.55. The minimum Gasteiger partial charge on any atom is -0.392 e. The molecule has 2 fully saturated rings. The summed E-state index contributed by atoms with van der Waals surface area (Å²) in [4.78, 5) is 0. The Bertz CT molecular complexity index is 193. The number of hydrogen-bond donors (Lipinski definition) is 1. The molecule has 1 N–H and O–H groups in total. The third-order valence-electron chi connectivity index (χ3n) is 4.03. The van der Waals surface area contributed by atoms with Crippen LogP contribution in [0.4, 0.5) is 0 Å². The van der Waals surface area contributed by atoms with Gasteiger partial charge < -0.3 is 5.11 Å². The predicted octanol–water partition coefficient (Wildman–Crippen LogP) is 2.05. The second kappa shape index (κ2) is 1.66. The Morgan fingerprint density at radius 1 is 1.18 bits per heavy atom. The van der Waals surface area contributed by atoms with Crippen molar-refractivity contribution in [1.29, 1.82) is 0 Å². The van der Waals surface area contributed by atoms with Crippen LogP contribution in [0.2, 0.25) is 0 Å². The van der Waals surface area contributed by atoms with Crippen LogP contribution in [-0.4, -0.2) is 11.2 Å². The molecule has 0 aromatic rings. The molecule has 1 nitrogen and oxygen atoms in total. The first-order chi connectivity index (χ1) is 4.87. The quantitative estimate of drug-likeness (QED) is 0.566. The van der Waals surface area contributed by atoms with Gasteiger partial charge in [0.2, 0.25) is 0 Å². The van der Waals surface area contributed by atoms with E-state index >= 15 is 0 Å². The highest BCUT2D eigenvalue weighted by atomic mass is 16.3. The highest BCUT2D eigenvalue weighted by Gasteiger charge is 2.68. The maximum absolute atomic E-state index is 9.90. The van der Waals surface area contributed by atoms with E-state index in [1.165, 1.54) is 6.42 Å². The lowest BCUT2D eigenvalue weighted by Gasteiger charge is -2.29. The highest BCUT2D eigenvalue weighted by molar-refractivity contribution is 5.17. The van der Waals surface area contributed by atoms with Crippen molar-refractivity contribution in [3.63, 3.8) is 0 Å². The van der Waals surface area contributed by atoms with Gasteiger partial charge in [0.15, 0.2) is 0 Å². The zero-order valence-electron chi connectivity index (χ0n) is 7.89. The molecule has 2 aliphatic carbocycles. The van der Waals surface area contributed by atoms with Crippen molar-refractivity contribution in [2.45, 2.75) is 40.2 Å². The Kier molecular flexibility index (Phi) is 1.15. The lowest BCUT2D eigenvalue weighted by atomic mass is 9.80. The summed E-state index contributed by atoms with van der Waals surface area (Å²) >= 11 is 0. The van der Waals surface area contributed by atoms with E-state index in [-0.39, 0.29) is 11.5 Å². The van der Waals surface area contributed by atoms with Crippen molar-refractivity contribution >= 4 is 0 Å². The Balaban J connectivity index is 2.19. The summed E-state index contributed by atoms with van der Waals surface area (Å²) in [6, 6.07) is 0. The number of rotatable bonds is 0. The van der Waals surface area contributed by atoms with Gasteiger partial charge in [0.25, 0.3) is 0 Å². The minimum atomic E-state index is -0.0532. The van der Waals surface area contributed by atoms with E-state index in [0.717, 1.165) is 5.92 Å². The van der Waals surface area contributed by atoms with E-state index in [0.29, 0.717) is 11.3 Å². The number of aliphatic hydroxyl groups excluding tert-OH is 1. The maximum atomic E-state index is 9.90. The lowest BCUT2D eigenvalue weighted by molar-refractivity contribution is 0.0363. The zero-order valence-corrected chi connectivity index (χ0v) is 7.89. The SMILES string of the molecule is CC1(C)CC2C(C1O)C2(C)C. The molecule has 0 heterocycles. The van der Waals surface area contributed by atoms with Crippen molar-refractivity contribution in [3.8, 4) is 0 Å². The lowest BCUT2D eigenvalue weighted by Crippen LogP contribution is -2.29. The van der Waals surface area contributed by atoms with E-state index in [9.17, 15) is 5.11 Å². The molecule has 0 amide bonds. The van der Waals surface area contributed by atoms with Crippen LogP contribution in [0.5, 0.6) is 0 Å². The van der Waals surface area contributed by atoms with Gasteiger partial charge in [-0.3, -0.25) is 0 Å². The number of aliphatic hydroxyl groups is 1. The first-order valence-electron chi connectivity index (χ1n) is 4.55. The molecule has 0 aromatic carbocycles. The molecule has 3 atom stereocenters. The Morgan fingerprint density at radius 3 is 2.00 bits per heavy atom. The van der Waals surface area contributed by atoms with Crippen LogP contribution in [0.3, 0.4) is 0 Å². The van der Waals surface area contributed by atoms with Gasteiger partial charge in [-0.15, -0.1) is 0 Å². The van der Waals surface area contributed by atoms with Crippen LogP contribution in [0.15, 0.2) is 0 Å². The summed E-state index contributed by atoms with van der Waals surface area (Å²) in [5.74, 6) is 1.39. The second-order valence-electron chi connectivity index (χ2n) is 5.59. The second-order valence-corrected chi connectivity index (χ2v) is 5.59. The van der Waals surface area contributed by atoms with E-state index in [2.05, 4.69) is 27.7 Å². The molecule has 0 aliphatic heterocycles. The van der Waals surface area contributed by atoms with E-state index < -0.39 is 0 Å². The van der Waals surface area contributed by atoms with Crippen molar-refractivity contribution in [3.05, 3.63) is 0 Å². The van der Waals surface area contributed by atoms with Gasteiger partial charge in [0.05, 0.1) is 6.10 Å². The summed E-state index contributed by atoms with van der Waals surface area (Å²) in [6.07, 6.45) is 1.16. The van der Waals surface area contributed by atoms with E-state index in [1.54, 1.807) is 0 Å². The minimum absolute atomic E-state index is 0.0532. The normalized spacial score (nSPS) is 50.5. The molecule has 0 radical (unpaired) electrons. The molecule has 2 rings (SSSR count). The van der Waals surface area contributed by atoms with Crippen LogP contribution < -0.4 is 0 Å². The summed E-state index contributed by atoms with van der Waals surface area (Å²) < 4.78 is 0. The average Bonchev–Trinajstić information content (AvgIpc) is 2.18. The van der Waals surface area contributed by atoms with Crippen LogP contribution >= 0.6 is 0 Å². The molecule has 1 heteroatoms. The molecule has 2 saturated carbocycles. The van der Waals surface area contributed by atoms with Crippen LogP contribution in [0, 0.1) is 22.7 Å². The summed E-state index contributed by atoms with van der Waals surface area (Å²) in [5, 5.41) is 9.90. The van der Waals surface area contributed by atoms with E-state index in [4.69, 9.17) is 0 Å². The third kappa shape index (κ3) is 0.752. The third-order valence-corrected chi connectivity index (χ3v) is 4.03. The van der Waals surface area contributed by atoms with Crippen molar-refractivity contribution in [2.75, 3.05) is 0 Å². The van der Waals surface area contributed by atoms with Crippen LogP contribution in [0.25, 0.3) is 0 Å². The molecule has 11 heavy (non-hydrogen) atoms. The van der Waals surface area contributed by atoms with Crippen LogP contribution in [-0.2, 0) is 0 Å². The monoisotopic (exact) mass is 154 g/mol. The Morgan fingerprint density at radius 2 is 1.73 bits per heavy atom. The molecule has 0 saturated heterocycles. The fourth-order valence-corrected chi connectivity index (χ4v) is 2.98. The fraction of sp³-hybridized carbons (Fsp3) is 1.00. The molecule has 0 aromatic heterocycles. The highest BCUT2D eigenvalue weighted by Crippen LogP contribution is 2.71. The molecular formula is C10H18O. The standard InChI is InChI=1S/C10H18O/c1-9(2)5-6-7(8(9)11)10(6,3)4/h6-8,11H,5H2,1-4H3. The topological polar surface area (TPSA) is 20.2 Å². The largest absolute Gasteiger partial charge is 0.392 e. The summed E-state index contributed by atoms with van der Waals surface area (Å²) in [6.45, 7) is 8.92. The van der Waals surface area contributed by atoms with Gasteiger partial charge >= 0.3 is 0 Å². The van der Waals surface area contributed by atoms with Gasteiger partial charge in [0.1, 0.15) is 0 Å². The van der Waals surface area contributed by atoms with Gasteiger partial charge in [0, 0.05) is 0 Å². The summed E-state index contributed by atoms with van der Waals surface area (Å²) in [5.41, 5.74) is 0.625. The maximum Gasteiger partial charge on any atom is 0.0627 e. The molecule has 3 unspecified atom stereocenters. The summed E-state index contributed by atoms with van der Waals surface area (Å²) in [7, 11) is 0. The smallest absolute Gasteiger partial charge is 0.0627 e. The van der Waals surface area contributed by atoms with E-state index in [1.807, 2.05) is 0 Å². The Hall–Kier alpha value is -0.0400. The molecule has 0 bridgehead atoms. The fourth-order valence-electron chi connectivity index (χ4n) is 2.98. The van der Waals surface area contributed by atoms with Gasteiger partial charge in [-0.2, -0.15) is 0 Å². The average molecular weight is 154 g/mol. The predicted molar refractivity (Wildman–Crippen MR) is 45.2 cm³/mol. The molecular weight excluding hydrogens is 136 g/mol. The van der Waals surface area contributed by atoms with Crippen molar-refractivity contribution in [1.82, 2.24) is 0 Å².